The Labute approximate surface area is 382 Å². The van der Waals surface area contributed by atoms with Gasteiger partial charge in [-0.1, -0.05) is 215 Å². The molecule has 0 fully saturated rings. The summed E-state index contributed by atoms with van der Waals surface area (Å²) in [6.07, 6.45) is 64.4. The Morgan fingerprint density at radius 2 is 0.726 bits per heavy atom. The Kier molecular flexibility index (Phi) is 47.5. The van der Waals surface area contributed by atoms with Gasteiger partial charge in [0.15, 0.2) is 6.10 Å². The van der Waals surface area contributed by atoms with Gasteiger partial charge in [-0.05, 0) is 83.5 Å². The minimum atomic E-state index is -0.816. The third-order valence-corrected chi connectivity index (χ3v) is 10.7. The molecule has 62 heavy (non-hydrogen) atoms. The van der Waals surface area contributed by atoms with Crippen LogP contribution in [0.4, 0.5) is 0 Å². The predicted molar refractivity (Wildman–Crippen MR) is 265 cm³/mol. The second-order valence-electron chi connectivity index (χ2n) is 16.8. The van der Waals surface area contributed by atoms with Crippen molar-refractivity contribution < 1.29 is 28.6 Å². The van der Waals surface area contributed by atoms with E-state index in [9.17, 15) is 14.4 Å². The fourth-order valence-electron chi connectivity index (χ4n) is 6.84. The minimum absolute atomic E-state index is 0.113. The van der Waals surface area contributed by atoms with Crippen molar-refractivity contribution in [1.29, 1.82) is 0 Å². The molecule has 0 aliphatic rings. The summed E-state index contributed by atoms with van der Waals surface area (Å²) in [5, 5.41) is 0. The highest BCUT2D eigenvalue weighted by atomic mass is 16.6. The SMILES string of the molecule is CC/C=C/C=C/C=C/CCCCCCCCCC(=O)OC(COC(=O)CC/C=C/C/C=C/CCCCCCCC)COC(=O)CCCCC/C=C/C=C/CCCCCCCCC. The van der Waals surface area contributed by atoms with E-state index in [2.05, 4.69) is 99.8 Å². The molecule has 0 radical (unpaired) electrons. The molecule has 0 aromatic carbocycles. The normalized spacial score (nSPS) is 12.8. The highest BCUT2D eigenvalue weighted by Gasteiger charge is 2.19. The van der Waals surface area contributed by atoms with E-state index in [4.69, 9.17) is 14.2 Å². The summed E-state index contributed by atoms with van der Waals surface area (Å²) in [7, 11) is 0. The Morgan fingerprint density at radius 3 is 1.23 bits per heavy atom. The van der Waals surface area contributed by atoms with Crippen LogP contribution in [0.2, 0.25) is 0 Å². The maximum absolute atomic E-state index is 12.8. The molecular weight excluding hydrogens is 769 g/mol. The molecule has 6 nitrogen and oxygen atoms in total. The third kappa shape index (κ3) is 47.6. The van der Waals surface area contributed by atoms with Crippen LogP contribution < -0.4 is 0 Å². The van der Waals surface area contributed by atoms with E-state index in [0.717, 1.165) is 83.5 Å². The van der Waals surface area contributed by atoms with E-state index < -0.39 is 6.10 Å². The van der Waals surface area contributed by atoms with Crippen molar-refractivity contribution in [3.8, 4) is 0 Å². The first kappa shape index (κ1) is 58.6. The van der Waals surface area contributed by atoms with Crippen LogP contribution in [0.15, 0.2) is 85.1 Å². The van der Waals surface area contributed by atoms with Crippen LogP contribution in [0.1, 0.15) is 233 Å². The maximum Gasteiger partial charge on any atom is 0.306 e. The molecule has 354 valence electrons. The standard InChI is InChI=1S/C56H94O6/c1-4-7-10-13-16-19-22-25-27-29-31-34-37-40-43-46-49-55(58)61-52-53(51-60-54(57)48-45-42-39-36-33-30-24-21-18-15-12-9-6-3)62-56(59)50-47-44-41-38-35-32-28-26-23-20-17-14-11-8-5-2/h8,11,14,17,20,23,27,29-31,33-34,39,42,53H,4-7,9-10,12-13,15-16,18-19,21-22,24-26,28,32,35-38,40-41,43-52H2,1-3H3/b11-8+,17-14+,23-20+,29-27+,33-30+,34-31+,42-39+. The first-order valence-corrected chi connectivity index (χ1v) is 25.6. The zero-order valence-electron chi connectivity index (χ0n) is 40.4. The first-order valence-electron chi connectivity index (χ1n) is 25.6. The summed E-state index contributed by atoms with van der Waals surface area (Å²) in [4.78, 5) is 37.9. The molecule has 0 rings (SSSR count). The lowest BCUT2D eigenvalue weighted by atomic mass is 10.1. The molecule has 0 heterocycles. The van der Waals surface area contributed by atoms with Crippen molar-refractivity contribution in [3.05, 3.63) is 85.1 Å². The van der Waals surface area contributed by atoms with Crippen LogP contribution in [0.3, 0.4) is 0 Å². The molecule has 0 saturated carbocycles. The highest BCUT2D eigenvalue weighted by molar-refractivity contribution is 5.71. The Hall–Kier alpha value is -3.41. The number of ether oxygens (including phenoxy) is 3. The Balaban J connectivity index is 4.51. The summed E-state index contributed by atoms with van der Waals surface area (Å²) >= 11 is 0. The van der Waals surface area contributed by atoms with Gasteiger partial charge in [-0.25, -0.2) is 0 Å². The molecule has 0 aromatic rings. The number of hydrogen-bond donors (Lipinski definition) is 0. The molecule has 0 amide bonds. The number of unbranched alkanes of at least 4 members (excludes halogenated alkanes) is 23. The van der Waals surface area contributed by atoms with Gasteiger partial charge in [-0.2, -0.15) is 0 Å². The largest absolute Gasteiger partial charge is 0.462 e. The van der Waals surface area contributed by atoms with Gasteiger partial charge in [0.1, 0.15) is 13.2 Å². The van der Waals surface area contributed by atoms with Gasteiger partial charge in [0, 0.05) is 19.3 Å². The van der Waals surface area contributed by atoms with E-state index in [-0.39, 0.29) is 37.5 Å². The molecule has 0 aliphatic carbocycles. The van der Waals surface area contributed by atoms with Crippen molar-refractivity contribution >= 4 is 17.9 Å². The second kappa shape index (κ2) is 50.2. The molecule has 1 atom stereocenters. The summed E-state index contributed by atoms with van der Waals surface area (Å²) in [5.41, 5.74) is 0. The molecule has 0 saturated heterocycles. The van der Waals surface area contributed by atoms with Crippen molar-refractivity contribution in [2.75, 3.05) is 13.2 Å². The molecule has 6 heteroatoms. The van der Waals surface area contributed by atoms with E-state index in [1.807, 2.05) is 6.08 Å². The van der Waals surface area contributed by atoms with Crippen LogP contribution in [-0.2, 0) is 28.6 Å². The zero-order valence-corrected chi connectivity index (χ0v) is 40.4. The van der Waals surface area contributed by atoms with E-state index in [1.165, 1.54) is 103 Å². The van der Waals surface area contributed by atoms with Gasteiger partial charge >= 0.3 is 17.9 Å². The van der Waals surface area contributed by atoms with E-state index in [1.54, 1.807) is 0 Å². The predicted octanol–water partition coefficient (Wildman–Crippen LogP) is 16.8. The summed E-state index contributed by atoms with van der Waals surface area (Å²) in [5.74, 6) is -1.02. The van der Waals surface area contributed by atoms with Gasteiger partial charge in [0.2, 0.25) is 0 Å². The van der Waals surface area contributed by atoms with Crippen LogP contribution in [-0.4, -0.2) is 37.2 Å². The average Bonchev–Trinajstić information content (AvgIpc) is 3.27. The summed E-state index contributed by atoms with van der Waals surface area (Å²) in [6, 6.07) is 0. The fourth-order valence-corrected chi connectivity index (χ4v) is 6.84. The van der Waals surface area contributed by atoms with Crippen LogP contribution >= 0.6 is 0 Å². The Bertz CT molecular complexity index is 1220. The number of esters is 3. The molecule has 0 aromatic heterocycles. The first-order chi connectivity index (χ1) is 30.5. The highest BCUT2D eigenvalue weighted by Crippen LogP contribution is 2.13. The number of carbonyl (C=O) groups excluding carboxylic acids is 3. The lowest BCUT2D eigenvalue weighted by molar-refractivity contribution is -0.166. The average molecular weight is 863 g/mol. The van der Waals surface area contributed by atoms with E-state index in [0.29, 0.717) is 19.3 Å². The van der Waals surface area contributed by atoms with Gasteiger partial charge in [-0.3, -0.25) is 14.4 Å². The summed E-state index contributed by atoms with van der Waals surface area (Å²) in [6.45, 7) is 6.40. The van der Waals surface area contributed by atoms with E-state index >= 15 is 0 Å². The summed E-state index contributed by atoms with van der Waals surface area (Å²) < 4.78 is 16.7. The van der Waals surface area contributed by atoms with Crippen molar-refractivity contribution in [2.24, 2.45) is 0 Å². The molecule has 1 unspecified atom stereocenters. The third-order valence-electron chi connectivity index (χ3n) is 10.7. The number of hydrogen-bond acceptors (Lipinski definition) is 6. The van der Waals surface area contributed by atoms with Crippen LogP contribution in [0.25, 0.3) is 0 Å². The zero-order chi connectivity index (χ0) is 45.1. The van der Waals surface area contributed by atoms with Gasteiger partial charge < -0.3 is 14.2 Å². The molecule has 0 aliphatic heterocycles. The van der Waals surface area contributed by atoms with Crippen molar-refractivity contribution in [2.45, 2.75) is 239 Å². The van der Waals surface area contributed by atoms with Gasteiger partial charge in [0.25, 0.3) is 0 Å². The number of rotatable bonds is 45. The van der Waals surface area contributed by atoms with Crippen molar-refractivity contribution in [3.63, 3.8) is 0 Å². The molecule has 0 bridgehead atoms. The van der Waals surface area contributed by atoms with Crippen LogP contribution in [0.5, 0.6) is 0 Å². The maximum atomic E-state index is 12.8. The topological polar surface area (TPSA) is 78.9 Å². The smallest absolute Gasteiger partial charge is 0.306 e. The van der Waals surface area contributed by atoms with Crippen LogP contribution in [0, 0.1) is 0 Å². The minimum Gasteiger partial charge on any atom is -0.462 e. The monoisotopic (exact) mass is 863 g/mol. The Morgan fingerprint density at radius 1 is 0.355 bits per heavy atom. The molecule has 0 spiro atoms. The lowest BCUT2D eigenvalue weighted by Gasteiger charge is -2.18. The molecule has 0 N–H and O–H groups in total. The fraction of sp³-hybridized carbons (Fsp3) is 0.696. The number of allylic oxidation sites excluding steroid dienone is 14. The van der Waals surface area contributed by atoms with Gasteiger partial charge in [-0.15, -0.1) is 0 Å². The molecular formula is C56H94O6. The van der Waals surface area contributed by atoms with Crippen molar-refractivity contribution in [1.82, 2.24) is 0 Å². The number of carbonyl (C=O) groups is 3. The van der Waals surface area contributed by atoms with Gasteiger partial charge in [0.05, 0.1) is 0 Å². The second-order valence-corrected chi connectivity index (χ2v) is 16.8. The quantitative estimate of drug-likeness (QED) is 0.0199. The lowest BCUT2D eigenvalue weighted by Crippen LogP contribution is -2.30.